The average Bonchev–Trinajstić information content (AvgIpc) is 3.11. The summed E-state index contributed by atoms with van der Waals surface area (Å²) >= 11 is 0. The summed E-state index contributed by atoms with van der Waals surface area (Å²) in [6.07, 6.45) is -1.15. The normalized spacial score (nSPS) is 15.7. The highest BCUT2D eigenvalue weighted by Gasteiger charge is 2.30. The van der Waals surface area contributed by atoms with Crippen molar-refractivity contribution in [2.75, 3.05) is 31.1 Å². The monoisotopic (exact) mass is 348 g/mol. The van der Waals surface area contributed by atoms with Crippen LogP contribution < -0.4 is 10.2 Å². The summed E-state index contributed by atoms with van der Waals surface area (Å²) < 4.78 is 40.0. The van der Waals surface area contributed by atoms with Crippen LogP contribution in [0.2, 0.25) is 0 Å². The number of benzene rings is 1. The van der Waals surface area contributed by atoms with Gasteiger partial charge in [-0.1, -0.05) is 12.1 Å². The standard InChI is InChI=1S/C16H15F3N6/c17-16(18,19)12-3-1-11(2-4-12)13-9-21-14(15-23-22-10-25(13)15)24-7-5-20-6-8-24/h1-4,9-10,20H,5-8H2. The van der Waals surface area contributed by atoms with Gasteiger partial charge in [0.15, 0.2) is 5.82 Å². The molecule has 1 N–H and O–H groups in total. The SMILES string of the molecule is FC(F)(F)c1ccc(-c2cnc(N3CCNCC3)c3nncn23)cc1. The van der Waals surface area contributed by atoms with E-state index in [1.54, 1.807) is 16.9 Å². The van der Waals surface area contributed by atoms with Gasteiger partial charge in [0.2, 0.25) is 5.65 Å². The highest BCUT2D eigenvalue weighted by Crippen LogP contribution is 2.31. The number of hydrogen-bond donors (Lipinski definition) is 1. The van der Waals surface area contributed by atoms with Crippen LogP contribution in [0.4, 0.5) is 19.0 Å². The summed E-state index contributed by atoms with van der Waals surface area (Å²) in [6, 6.07) is 5.00. The molecule has 1 saturated heterocycles. The zero-order valence-corrected chi connectivity index (χ0v) is 13.2. The van der Waals surface area contributed by atoms with Crippen LogP contribution in [0.25, 0.3) is 16.9 Å². The second-order valence-corrected chi connectivity index (χ2v) is 5.80. The zero-order chi connectivity index (χ0) is 17.4. The third kappa shape index (κ3) is 2.91. The molecular formula is C16H15F3N6. The second kappa shape index (κ2) is 5.99. The van der Waals surface area contributed by atoms with E-state index in [9.17, 15) is 13.2 Å². The van der Waals surface area contributed by atoms with Crippen LogP contribution in [0.1, 0.15) is 5.56 Å². The van der Waals surface area contributed by atoms with Gasteiger partial charge in [0.1, 0.15) is 6.33 Å². The van der Waals surface area contributed by atoms with Gasteiger partial charge in [0.25, 0.3) is 0 Å². The van der Waals surface area contributed by atoms with Crippen LogP contribution in [0.15, 0.2) is 36.8 Å². The fraction of sp³-hybridized carbons (Fsp3) is 0.312. The van der Waals surface area contributed by atoms with E-state index in [4.69, 9.17) is 0 Å². The first-order valence-corrected chi connectivity index (χ1v) is 7.86. The Kier molecular flexibility index (Phi) is 3.79. The van der Waals surface area contributed by atoms with E-state index in [1.165, 1.54) is 12.1 Å². The van der Waals surface area contributed by atoms with E-state index in [0.29, 0.717) is 16.9 Å². The molecule has 2 aromatic heterocycles. The van der Waals surface area contributed by atoms with Crippen molar-refractivity contribution in [3.05, 3.63) is 42.4 Å². The molecule has 6 nitrogen and oxygen atoms in total. The Morgan fingerprint density at radius 1 is 1.04 bits per heavy atom. The molecule has 25 heavy (non-hydrogen) atoms. The lowest BCUT2D eigenvalue weighted by molar-refractivity contribution is -0.137. The summed E-state index contributed by atoms with van der Waals surface area (Å²) in [5.41, 5.74) is 1.19. The van der Waals surface area contributed by atoms with Crippen molar-refractivity contribution >= 4 is 11.5 Å². The number of halogens is 3. The summed E-state index contributed by atoms with van der Waals surface area (Å²) in [7, 11) is 0. The van der Waals surface area contributed by atoms with Crippen molar-refractivity contribution in [3.63, 3.8) is 0 Å². The van der Waals surface area contributed by atoms with Crippen molar-refractivity contribution in [2.45, 2.75) is 6.18 Å². The van der Waals surface area contributed by atoms with Crippen molar-refractivity contribution < 1.29 is 13.2 Å². The Hall–Kier alpha value is -2.68. The highest BCUT2D eigenvalue weighted by molar-refractivity contribution is 5.70. The minimum absolute atomic E-state index is 0.597. The van der Waals surface area contributed by atoms with Crippen molar-refractivity contribution in [1.29, 1.82) is 0 Å². The Morgan fingerprint density at radius 2 is 1.76 bits per heavy atom. The lowest BCUT2D eigenvalue weighted by atomic mass is 10.1. The molecule has 0 aliphatic carbocycles. The molecule has 4 rings (SSSR count). The topological polar surface area (TPSA) is 58.4 Å². The molecule has 3 aromatic rings. The van der Waals surface area contributed by atoms with Crippen molar-refractivity contribution in [2.24, 2.45) is 0 Å². The lowest BCUT2D eigenvalue weighted by Crippen LogP contribution is -2.44. The van der Waals surface area contributed by atoms with Crippen LogP contribution >= 0.6 is 0 Å². The first kappa shape index (κ1) is 15.8. The molecule has 0 radical (unpaired) electrons. The van der Waals surface area contributed by atoms with E-state index in [2.05, 4.69) is 25.4 Å². The van der Waals surface area contributed by atoms with Gasteiger partial charge >= 0.3 is 6.18 Å². The first-order valence-electron chi connectivity index (χ1n) is 7.86. The third-order valence-electron chi connectivity index (χ3n) is 4.24. The van der Waals surface area contributed by atoms with Gasteiger partial charge in [0.05, 0.1) is 17.5 Å². The summed E-state index contributed by atoms with van der Waals surface area (Å²) in [5, 5.41) is 11.4. The molecule has 0 unspecified atom stereocenters. The number of nitrogens with one attached hydrogen (secondary N) is 1. The molecule has 1 aliphatic rings. The van der Waals surface area contributed by atoms with Crippen LogP contribution in [-0.2, 0) is 6.18 Å². The molecular weight excluding hydrogens is 333 g/mol. The highest BCUT2D eigenvalue weighted by atomic mass is 19.4. The molecule has 3 heterocycles. The molecule has 1 aromatic carbocycles. The average molecular weight is 348 g/mol. The predicted octanol–water partition coefficient (Wildman–Crippen LogP) is 2.22. The maximum absolute atomic E-state index is 12.7. The smallest absolute Gasteiger partial charge is 0.351 e. The van der Waals surface area contributed by atoms with E-state index in [-0.39, 0.29) is 0 Å². The quantitative estimate of drug-likeness (QED) is 0.770. The van der Waals surface area contributed by atoms with Gasteiger partial charge in [-0.2, -0.15) is 13.2 Å². The Balaban J connectivity index is 1.75. The van der Waals surface area contributed by atoms with Gasteiger partial charge in [0, 0.05) is 31.7 Å². The van der Waals surface area contributed by atoms with E-state index < -0.39 is 11.7 Å². The van der Waals surface area contributed by atoms with Crippen LogP contribution in [-0.4, -0.2) is 45.8 Å². The molecule has 130 valence electrons. The second-order valence-electron chi connectivity index (χ2n) is 5.80. The van der Waals surface area contributed by atoms with Gasteiger partial charge in [-0.15, -0.1) is 10.2 Å². The van der Waals surface area contributed by atoms with Gasteiger partial charge < -0.3 is 10.2 Å². The number of aromatic nitrogens is 4. The Morgan fingerprint density at radius 3 is 2.44 bits per heavy atom. The van der Waals surface area contributed by atoms with Crippen LogP contribution in [0.5, 0.6) is 0 Å². The van der Waals surface area contributed by atoms with Gasteiger partial charge in [-0.05, 0) is 12.1 Å². The van der Waals surface area contributed by atoms with Gasteiger partial charge in [-0.25, -0.2) is 4.98 Å². The van der Waals surface area contributed by atoms with Crippen molar-refractivity contribution in [3.8, 4) is 11.3 Å². The minimum atomic E-state index is -4.35. The number of hydrogen-bond acceptors (Lipinski definition) is 5. The fourth-order valence-electron chi connectivity index (χ4n) is 2.95. The lowest BCUT2D eigenvalue weighted by Gasteiger charge is -2.28. The molecule has 0 bridgehead atoms. The largest absolute Gasteiger partial charge is 0.416 e. The minimum Gasteiger partial charge on any atom is -0.351 e. The maximum Gasteiger partial charge on any atom is 0.416 e. The number of alkyl halides is 3. The zero-order valence-electron chi connectivity index (χ0n) is 13.2. The number of nitrogens with zero attached hydrogens (tertiary/aromatic N) is 5. The number of rotatable bonds is 2. The van der Waals surface area contributed by atoms with E-state index in [0.717, 1.165) is 44.1 Å². The van der Waals surface area contributed by atoms with Crippen LogP contribution in [0.3, 0.4) is 0 Å². The van der Waals surface area contributed by atoms with Crippen molar-refractivity contribution in [1.82, 2.24) is 24.9 Å². The molecule has 0 spiro atoms. The maximum atomic E-state index is 12.7. The van der Waals surface area contributed by atoms with E-state index in [1.807, 2.05) is 0 Å². The first-order chi connectivity index (χ1) is 12.0. The summed E-state index contributed by atoms with van der Waals surface area (Å²) in [6.45, 7) is 3.36. The molecule has 9 heteroatoms. The molecule has 0 atom stereocenters. The Bertz CT molecular complexity index is 881. The fourth-order valence-corrected chi connectivity index (χ4v) is 2.95. The predicted molar refractivity (Wildman–Crippen MR) is 86.3 cm³/mol. The molecule has 0 amide bonds. The summed E-state index contributed by atoms with van der Waals surface area (Å²) in [5.74, 6) is 0.731. The third-order valence-corrected chi connectivity index (χ3v) is 4.24. The molecule has 1 aliphatic heterocycles. The summed E-state index contributed by atoms with van der Waals surface area (Å²) in [4.78, 5) is 6.62. The number of piperazine rings is 1. The number of fused-ring (bicyclic) bond motifs is 1. The number of anilines is 1. The van der Waals surface area contributed by atoms with E-state index >= 15 is 0 Å². The molecule has 1 fully saturated rings. The van der Waals surface area contributed by atoms with Crippen LogP contribution in [0, 0.1) is 0 Å². The Labute approximate surface area is 141 Å². The molecule has 0 saturated carbocycles. The van der Waals surface area contributed by atoms with Gasteiger partial charge in [-0.3, -0.25) is 4.40 Å².